The monoisotopic (exact) mass is 221 g/mol. The minimum absolute atomic E-state index is 0.875. The van der Waals surface area contributed by atoms with E-state index in [4.69, 9.17) is 0 Å². The Morgan fingerprint density at radius 1 is 1.19 bits per heavy atom. The first-order chi connectivity index (χ1) is 7.83. The number of fused-ring (bicyclic) bond motifs is 1. The van der Waals surface area contributed by atoms with Crippen molar-refractivity contribution in [1.29, 1.82) is 0 Å². The summed E-state index contributed by atoms with van der Waals surface area (Å²) in [6.07, 6.45) is 3.70. The predicted octanol–water partition coefficient (Wildman–Crippen LogP) is 3.81. The first kappa shape index (κ1) is 14.6. The molecule has 0 unspecified atom stereocenters. The van der Waals surface area contributed by atoms with E-state index in [2.05, 4.69) is 23.9 Å². The standard InChI is InChI=1S/C9H11N3.2C2H6/c1-3-12-9-8(6-11-12)7(2)4-5-10-9;2*1-2/h4-6H,3H2,1-2H3;2*1-2H3. The van der Waals surface area contributed by atoms with Crippen LogP contribution in [-0.2, 0) is 6.54 Å². The van der Waals surface area contributed by atoms with E-state index in [1.807, 2.05) is 50.8 Å². The average Bonchev–Trinajstić information content (AvgIpc) is 2.79. The van der Waals surface area contributed by atoms with E-state index in [9.17, 15) is 0 Å². The lowest BCUT2D eigenvalue weighted by molar-refractivity contribution is 0.677. The molecule has 0 spiro atoms. The molecule has 16 heavy (non-hydrogen) atoms. The quantitative estimate of drug-likeness (QED) is 0.733. The molecule has 0 fully saturated rings. The van der Waals surface area contributed by atoms with E-state index in [1.165, 1.54) is 5.56 Å². The van der Waals surface area contributed by atoms with Gasteiger partial charge in [-0.15, -0.1) is 0 Å². The van der Waals surface area contributed by atoms with Gasteiger partial charge in [0.25, 0.3) is 0 Å². The smallest absolute Gasteiger partial charge is 0.157 e. The lowest BCUT2D eigenvalue weighted by Crippen LogP contribution is -1.96. The zero-order valence-electron chi connectivity index (χ0n) is 11.3. The summed E-state index contributed by atoms with van der Waals surface area (Å²) in [5.41, 5.74) is 2.22. The summed E-state index contributed by atoms with van der Waals surface area (Å²) in [6, 6.07) is 2.00. The Bertz CT molecular complexity index is 404. The predicted molar refractivity (Wildman–Crippen MR) is 70.6 cm³/mol. The zero-order valence-corrected chi connectivity index (χ0v) is 11.3. The lowest BCUT2D eigenvalue weighted by Gasteiger charge is -1.97. The third kappa shape index (κ3) is 3.05. The highest BCUT2D eigenvalue weighted by Crippen LogP contribution is 2.14. The van der Waals surface area contributed by atoms with Crippen molar-refractivity contribution in [3.05, 3.63) is 24.0 Å². The van der Waals surface area contributed by atoms with Crippen LogP contribution in [-0.4, -0.2) is 14.8 Å². The summed E-state index contributed by atoms with van der Waals surface area (Å²) < 4.78 is 1.91. The van der Waals surface area contributed by atoms with Crippen molar-refractivity contribution in [3.63, 3.8) is 0 Å². The molecule has 2 rings (SSSR count). The van der Waals surface area contributed by atoms with Crippen LogP contribution in [0, 0.1) is 6.92 Å². The van der Waals surface area contributed by atoms with Crippen molar-refractivity contribution in [3.8, 4) is 0 Å². The second kappa shape index (κ2) is 7.85. The van der Waals surface area contributed by atoms with Gasteiger partial charge in [0, 0.05) is 18.1 Å². The largest absolute Gasteiger partial charge is 0.248 e. The fraction of sp³-hybridized carbons (Fsp3) is 0.538. The number of aryl methyl sites for hydroxylation is 2. The Morgan fingerprint density at radius 3 is 2.38 bits per heavy atom. The van der Waals surface area contributed by atoms with Crippen molar-refractivity contribution >= 4 is 11.0 Å². The van der Waals surface area contributed by atoms with Crippen LogP contribution in [0.5, 0.6) is 0 Å². The minimum atomic E-state index is 0.875. The SMILES string of the molecule is CC.CC.CCn1ncc2c(C)ccnc21. The van der Waals surface area contributed by atoms with Crippen molar-refractivity contribution in [2.75, 3.05) is 0 Å². The van der Waals surface area contributed by atoms with E-state index in [1.54, 1.807) is 0 Å². The number of rotatable bonds is 1. The van der Waals surface area contributed by atoms with Gasteiger partial charge in [0.05, 0.1) is 6.20 Å². The van der Waals surface area contributed by atoms with E-state index < -0.39 is 0 Å². The maximum Gasteiger partial charge on any atom is 0.157 e. The molecule has 0 aliphatic heterocycles. The van der Waals surface area contributed by atoms with Crippen LogP contribution in [0.2, 0.25) is 0 Å². The second-order valence-electron chi connectivity index (χ2n) is 2.83. The van der Waals surface area contributed by atoms with Crippen molar-refractivity contribution in [1.82, 2.24) is 14.8 Å². The number of pyridine rings is 1. The molecule has 0 saturated heterocycles. The van der Waals surface area contributed by atoms with Gasteiger partial charge in [-0.3, -0.25) is 0 Å². The summed E-state index contributed by atoms with van der Waals surface area (Å²) >= 11 is 0. The van der Waals surface area contributed by atoms with Crippen LogP contribution in [0.3, 0.4) is 0 Å². The molecule has 0 atom stereocenters. The summed E-state index contributed by atoms with van der Waals surface area (Å²) in [4.78, 5) is 4.27. The summed E-state index contributed by atoms with van der Waals surface area (Å²) in [5, 5.41) is 5.38. The van der Waals surface area contributed by atoms with Crippen molar-refractivity contribution in [2.45, 2.75) is 48.1 Å². The Hall–Kier alpha value is -1.38. The van der Waals surface area contributed by atoms with Gasteiger partial charge in [-0.2, -0.15) is 5.10 Å². The molecule has 0 radical (unpaired) electrons. The topological polar surface area (TPSA) is 30.7 Å². The van der Waals surface area contributed by atoms with Crippen LogP contribution in [0.15, 0.2) is 18.5 Å². The molecule has 90 valence electrons. The Morgan fingerprint density at radius 2 is 1.81 bits per heavy atom. The Labute approximate surface area is 98.5 Å². The van der Waals surface area contributed by atoms with Gasteiger partial charge < -0.3 is 0 Å². The van der Waals surface area contributed by atoms with Crippen LogP contribution in [0.1, 0.15) is 40.2 Å². The molecule has 0 aromatic carbocycles. The van der Waals surface area contributed by atoms with E-state index in [0.717, 1.165) is 17.6 Å². The van der Waals surface area contributed by atoms with Gasteiger partial charge >= 0.3 is 0 Å². The summed E-state index contributed by atoms with van der Waals surface area (Å²) in [7, 11) is 0. The molecule has 3 heteroatoms. The third-order valence-electron chi connectivity index (χ3n) is 2.06. The van der Waals surface area contributed by atoms with Crippen LogP contribution in [0.4, 0.5) is 0 Å². The minimum Gasteiger partial charge on any atom is -0.248 e. The van der Waals surface area contributed by atoms with Crippen LogP contribution in [0.25, 0.3) is 11.0 Å². The van der Waals surface area contributed by atoms with Gasteiger partial charge in [0.1, 0.15) is 0 Å². The number of hydrogen-bond acceptors (Lipinski definition) is 2. The maximum absolute atomic E-state index is 4.27. The Balaban J connectivity index is 0.000000509. The third-order valence-corrected chi connectivity index (χ3v) is 2.06. The molecule has 2 aromatic heterocycles. The van der Waals surface area contributed by atoms with E-state index in [-0.39, 0.29) is 0 Å². The van der Waals surface area contributed by atoms with Crippen molar-refractivity contribution in [2.24, 2.45) is 0 Å². The van der Waals surface area contributed by atoms with Gasteiger partial charge in [0.2, 0.25) is 0 Å². The molecular formula is C13H23N3. The number of hydrogen-bond donors (Lipinski definition) is 0. The second-order valence-corrected chi connectivity index (χ2v) is 2.83. The molecule has 2 aromatic rings. The molecule has 2 heterocycles. The molecule has 3 nitrogen and oxygen atoms in total. The maximum atomic E-state index is 4.27. The molecule has 0 N–H and O–H groups in total. The average molecular weight is 221 g/mol. The van der Waals surface area contributed by atoms with Crippen LogP contribution >= 0.6 is 0 Å². The molecule has 0 saturated carbocycles. The Kier molecular flexibility index (Phi) is 7.18. The van der Waals surface area contributed by atoms with Gasteiger partial charge in [-0.1, -0.05) is 27.7 Å². The first-order valence-electron chi connectivity index (χ1n) is 6.10. The zero-order chi connectivity index (χ0) is 12.6. The van der Waals surface area contributed by atoms with E-state index in [0.29, 0.717) is 0 Å². The fourth-order valence-corrected chi connectivity index (χ4v) is 1.33. The highest BCUT2D eigenvalue weighted by Gasteiger charge is 2.02. The first-order valence-corrected chi connectivity index (χ1v) is 6.10. The fourth-order valence-electron chi connectivity index (χ4n) is 1.33. The highest BCUT2D eigenvalue weighted by atomic mass is 15.3. The normalized spacial score (nSPS) is 8.88. The molecule has 0 aliphatic rings. The number of aromatic nitrogens is 3. The van der Waals surface area contributed by atoms with Crippen LogP contribution < -0.4 is 0 Å². The van der Waals surface area contributed by atoms with Gasteiger partial charge in [-0.05, 0) is 25.5 Å². The number of nitrogens with zero attached hydrogens (tertiary/aromatic N) is 3. The molecule has 0 amide bonds. The highest BCUT2D eigenvalue weighted by molar-refractivity contribution is 5.77. The molecule has 0 bridgehead atoms. The van der Waals surface area contributed by atoms with Crippen molar-refractivity contribution < 1.29 is 0 Å². The van der Waals surface area contributed by atoms with E-state index >= 15 is 0 Å². The molecular weight excluding hydrogens is 198 g/mol. The lowest BCUT2D eigenvalue weighted by atomic mass is 10.2. The summed E-state index contributed by atoms with van der Waals surface area (Å²) in [5.74, 6) is 0. The van der Waals surface area contributed by atoms with Gasteiger partial charge in [-0.25, -0.2) is 9.67 Å². The van der Waals surface area contributed by atoms with Gasteiger partial charge in [0.15, 0.2) is 5.65 Å². The molecule has 0 aliphatic carbocycles. The summed E-state index contributed by atoms with van der Waals surface area (Å²) in [6.45, 7) is 13.0.